The van der Waals surface area contributed by atoms with Crippen LogP contribution in [-0.4, -0.2) is 37.5 Å². The molecule has 0 unspecified atom stereocenters. The van der Waals surface area contributed by atoms with Gasteiger partial charge in [-0.15, -0.1) is 0 Å². The number of hydrogen-bond acceptors (Lipinski definition) is 4. The quantitative estimate of drug-likeness (QED) is 0.685. The van der Waals surface area contributed by atoms with Crippen LogP contribution in [0, 0.1) is 0 Å². The van der Waals surface area contributed by atoms with Crippen molar-refractivity contribution in [3.05, 3.63) is 29.8 Å². The number of rotatable bonds is 7. The van der Waals surface area contributed by atoms with Crippen LogP contribution in [0.1, 0.15) is 36.5 Å². The number of carboxylic acid groups (broad SMARTS) is 1. The van der Waals surface area contributed by atoms with E-state index in [0.717, 1.165) is 30.8 Å². The third-order valence-electron chi connectivity index (χ3n) is 3.90. The highest BCUT2D eigenvalue weighted by Gasteiger charge is 2.29. The molecule has 1 aromatic carbocycles. The molecule has 114 valence electrons. The van der Waals surface area contributed by atoms with E-state index in [1.807, 2.05) is 6.92 Å². The molecule has 1 atom stereocenters. The van der Waals surface area contributed by atoms with Gasteiger partial charge in [0.1, 0.15) is 11.8 Å². The summed E-state index contributed by atoms with van der Waals surface area (Å²) < 4.78 is 5.32. The maximum absolute atomic E-state index is 12.2. The predicted molar refractivity (Wildman–Crippen MR) is 75.3 cm³/mol. The molecule has 0 aromatic heterocycles. The summed E-state index contributed by atoms with van der Waals surface area (Å²) in [6.45, 7) is 4.06. The van der Waals surface area contributed by atoms with Gasteiger partial charge in [0.05, 0.1) is 32.1 Å². The van der Waals surface area contributed by atoms with Crippen molar-refractivity contribution in [1.82, 2.24) is 0 Å². The number of ketones is 1. The van der Waals surface area contributed by atoms with Gasteiger partial charge in [0, 0.05) is 18.4 Å². The summed E-state index contributed by atoms with van der Waals surface area (Å²) in [6, 6.07) is 6.07. The topological polar surface area (TPSA) is 70.9 Å². The van der Waals surface area contributed by atoms with Gasteiger partial charge in [-0.3, -0.25) is 4.79 Å². The number of benzene rings is 1. The number of carbonyl (C=O) groups is 2. The molecule has 0 spiro atoms. The van der Waals surface area contributed by atoms with Crippen LogP contribution in [0.25, 0.3) is 0 Å². The van der Waals surface area contributed by atoms with Crippen molar-refractivity contribution in [3.8, 4) is 5.75 Å². The number of hydrogen-bond donors (Lipinski definition) is 1. The maximum atomic E-state index is 12.2. The Hall–Kier alpha value is -1.88. The maximum Gasteiger partial charge on any atom is 0.169 e. The number of carbonyl (C=O) groups excluding carboxylic acids is 2. The average Bonchev–Trinajstić information content (AvgIpc) is 2.99. The molecule has 2 rings (SSSR count). The number of aliphatic carboxylic acids is 1. The third kappa shape index (κ3) is 4.04. The molecule has 0 amide bonds. The largest absolute Gasteiger partial charge is 0.544 e. The zero-order valence-electron chi connectivity index (χ0n) is 12.3. The number of carboxylic acids is 1. The molecule has 1 saturated heterocycles. The van der Waals surface area contributed by atoms with E-state index in [1.54, 1.807) is 24.3 Å². The van der Waals surface area contributed by atoms with E-state index in [-0.39, 0.29) is 12.2 Å². The molecular weight excluding hydrogens is 270 g/mol. The first-order valence-electron chi connectivity index (χ1n) is 7.43. The smallest absolute Gasteiger partial charge is 0.169 e. The molecule has 0 bridgehead atoms. The lowest BCUT2D eigenvalue weighted by Crippen LogP contribution is -3.15. The van der Waals surface area contributed by atoms with Crippen molar-refractivity contribution < 1.29 is 24.3 Å². The van der Waals surface area contributed by atoms with Gasteiger partial charge < -0.3 is 19.5 Å². The summed E-state index contributed by atoms with van der Waals surface area (Å²) in [5.74, 6) is -0.589. The van der Waals surface area contributed by atoms with Crippen molar-refractivity contribution in [1.29, 1.82) is 0 Å². The van der Waals surface area contributed by atoms with E-state index >= 15 is 0 Å². The minimum absolute atomic E-state index is 0.00829. The second-order valence-electron chi connectivity index (χ2n) is 5.32. The summed E-state index contributed by atoms with van der Waals surface area (Å²) >= 11 is 0. The Morgan fingerprint density at radius 1 is 1.24 bits per heavy atom. The molecule has 1 aliphatic rings. The highest BCUT2D eigenvalue weighted by atomic mass is 16.5. The first-order chi connectivity index (χ1) is 10.1. The van der Waals surface area contributed by atoms with Crippen LogP contribution in [0.15, 0.2) is 24.3 Å². The van der Waals surface area contributed by atoms with Gasteiger partial charge in [-0.05, 0) is 31.2 Å². The summed E-state index contributed by atoms with van der Waals surface area (Å²) in [7, 11) is 0. The van der Waals surface area contributed by atoms with Crippen LogP contribution < -0.4 is 14.7 Å². The molecule has 1 aliphatic heterocycles. The van der Waals surface area contributed by atoms with Crippen LogP contribution >= 0.6 is 0 Å². The van der Waals surface area contributed by atoms with E-state index in [1.165, 1.54) is 0 Å². The summed E-state index contributed by atoms with van der Waals surface area (Å²) in [6.07, 6.45) is 2.01. The van der Waals surface area contributed by atoms with E-state index in [0.29, 0.717) is 17.9 Å². The number of ether oxygens (including phenoxy) is 1. The average molecular weight is 291 g/mol. The molecule has 0 radical (unpaired) electrons. The van der Waals surface area contributed by atoms with Crippen molar-refractivity contribution in [2.45, 2.75) is 32.2 Å². The number of nitrogens with one attached hydrogen (secondary N) is 1. The molecule has 5 nitrogen and oxygen atoms in total. The number of quaternary nitrogens is 1. The lowest BCUT2D eigenvalue weighted by atomic mass is 10.0. The minimum Gasteiger partial charge on any atom is -0.544 e. The fourth-order valence-electron chi connectivity index (χ4n) is 2.78. The van der Waals surface area contributed by atoms with Crippen molar-refractivity contribution in [3.63, 3.8) is 0 Å². The van der Waals surface area contributed by atoms with Crippen LogP contribution in [0.3, 0.4) is 0 Å². The van der Waals surface area contributed by atoms with Gasteiger partial charge in [-0.2, -0.15) is 0 Å². The molecule has 1 N–H and O–H groups in total. The Balaban J connectivity index is 2.02. The molecular formula is C16H21NO4. The van der Waals surface area contributed by atoms with E-state index < -0.39 is 12.0 Å². The van der Waals surface area contributed by atoms with Gasteiger partial charge in [-0.1, -0.05) is 0 Å². The van der Waals surface area contributed by atoms with Crippen molar-refractivity contribution >= 4 is 11.8 Å². The fourth-order valence-corrected chi connectivity index (χ4v) is 2.78. The molecule has 21 heavy (non-hydrogen) atoms. The van der Waals surface area contributed by atoms with E-state index in [2.05, 4.69) is 0 Å². The molecule has 1 aromatic rings. The normalized spacial score (nSPS) is 16.6. The first-order valence-corrected chi connectivity index (χ1v) is 7.43. The predicted octanol–water partition coefficient (Wildman–Crippen LogP) is -0.545. The Labute approximate surface area is 124 Å². The fraction of sp³-hybridized carbons (Fsp3) is 0.500. The van der Waals surface area contributed by atoms with E-state index in [4.69, 9.17) is 4.74 Å². The number of likely N-dealkylation sites (tertiary alicyclic amines) is 1. The Kier molecular flexibility index (Phi) is 5.33. The second-order valence-corrected chi connectivity index (χ2v) is 5.32. The lowest BCUT2D eigenvalue weighted by molar-refractivity contribution is -0.906. The van der Waals surface area contributed by atoms with Crippen LogP contribution in [0.2, 0.25) is 0 Å². The minimum atomic E-state index is -1.13. The Morgan fingerprint density at radius 3 is 2.38 bits per heavy atom. The van der Waals surface area contributed by atoms with Crippen molar-refractivity contribution in [2.75, 3.05) is 19.7 Å². The Morgan fingerprint density at radius 2 is 1.86 bits per heavy atom. The highest BCUT2D eigenvalue weighted by molar-refractivity contribution is 5.98. The standard InChI is InChI=1S/C16H21NO4/c1-2-21-13-7-5-12(6-8-13)15(18)11-14(16(19)20)17-9-3-4-10-17/h5-8,14H,2-4,9-11H2,1H3,(H,19,20)/t14-/m0/s1. The van der Waals surface area contributed by atoms with Gasteiger partial charge in [0.25, 0.3) is 0 Å². The highest BCUT2D eigenvalue weighted by Crippen LogP contribution is 2.14. The molecule has 0 saturated carbocycles. The van der Waals surface area contributed by atoms with Gasteiger partial charge in [0.2, 0.25) is 0 Å². The molecule has 0 aliphatic carbocycles. The lowest BCUT2D eigenvalue weighted by Gasteiger charge is -2.24. The third-order valence-corrected chi connectivity index (χ3v) is 3.90. The van der Waals surface area contributed by atoms with Gasteiger partial charge in [-0.25, -0.2) is 0 Å². The number of Topliss-reactive ketones (excluding diaryl/α,β-unsaturated/α-hetero) is 1. The Bertz CT molecular complexity index is 492. The molecule has 5 heteroatoms. The zero-order chi connectivity index (χ0) is 15.2. The summed E-state index contributed by atoms with van der Waals surface area (Å²) in [4.78, 5) is 24.5. The van der Waals surface area contributed by atoms with Gasteiger partial charge in [0.15, 0.2) is 5.78 Å². The van der Waals surface area contributed by atoms with Crippen LogP contribution in [0.5, 0.6) is 5.75 Å². The van der Waals surface area contributed by atoms with E-state index in [9.17, 15) is 14.7 Å². The SMILES string of the molecule is CCOc1ccc(C(=O)C[C@@H](C(=O)[O-])[NH+]2CCCC2)cc1. The second kappa shape index (κ2) is 7.22. The molecule has 1 heterocycles. The summed E-state index contributed by atoms with van der Waals surface area (Å²) in [5, 5.41) is 11.3. The zero-order valence-corrected chi connectivity index (χ0v) is 12.3. The van der Waals surface area contributed by atoms with Crippen molar-refractivity contribution in [2.24, 2.45) is 0 Å². The first kappa shape index (κ1) is 15.5. The monoisotopic (exact) mass is 291 g/mol. The molecule has 1 fully saturated rings. The van der Waals surface area contributed by atoms with Crippen LogP contribution in [-0.2, 0) is 4.79 Å². The summed E-state index contributed by atoms with van der Waals surface area (Å²) in [5.41, 5.74) is 0.517. The van der Waals surface area contributed by atoms with Gasteiger partial charge >= 0.3 is 0 Å². The van der Waals surface area contributed by atoms with Crippen LogP contribution in [0.4, 0.5) is 0 Å².